The molecule has 0 amide bonds. The fourth-order valence-corrected chi connectivity index (χ4v) is 2.45. The summed E-state index contributed by atoms with van der Waals surface area (Å²) in [7, 11) is 3.68. The Morgan fingerprint density at radius 2 is 2.05 bits per heavy atom. The van der Waals surface area contributed by atoms with Gasteiger partial charge in [-0.1, -0.05) is 18.2 Å². The maximum Gasteiger partial charge on any atom is 0.282 e. The van der Waals surface area contributed by atoms with Gasteiger partial charge in [-0.05, 0) is 35.0 Å². The van der Waals surface area contributed by atoms with Gasteiger partial charge in [-0.2, -0.15) is 5.10 Å². The Hall–Kier alpha value is -1.82. The molecular weight excluding hydrogens is 332 g/mol. The van der Waals surface area contributed by atoms with E-state index in [1.807, 2.05) is 18.2 Å². The number of nitrogens with zero attached hydrogens (tertiary/aromatic N) is 3. The fraction of sp³-hybridized carbons (Fsp3) is 0.333. The van der Waals surface area contributed by atoms with E-state index in [-0.39, 0.29) is 11.6 Å². The van der Waals surface area contributed by atoms with E-state index in [2.05, 4.69) is 57.3 Å². The van der Waals surface area contributed by atoms with Gasteiger partial charge in [-0.25, -0.2) is 4.68 Å². The Morgan fingerprint density at radius 1 is 1.38 bits per heavy atom. The van der Waals surface area contributed by atoms with Crippen LogP contribution in [-0.4, -0.2) is 29.4 Å². The monoisotopic (exact) mass is 350 g/mol. The van der Waals surface area contributed by atoms with Crippen LogP contribution in [-0.2, 0) is 7.05 Å². The first-order valence-electron chi connectivity index (χ1n) is 6.74. The second kappa shape index (κ2) is 6.76. The number of halogens is 1. The topological polar surface area (TPSA) is 50.2 Å². The van der Waals surface area contributed by atoms with E-state index in [0.717, 1.165) is 5.69 Å². The Kier molecular flexibility index (Phi) is 5.01. The molecule has 0 aliphatic carbocycles. The lowest BCUT2D eigenvalue weighted by molar-refractivity contribution is 0.695. The Morgan fingerprint density at radius 3 is 2.71 bits per heavy atom. The van der Waals surface area contributed by atoms with E-state index in [1.165, 1.54) is 4.68 Å². The number of hydrogen-bond acceptors (Lipinski definition) is 4. The number of benzene rings is 1. The summed E-state index contributed by atoms with van der Waals surface area (Å²) in [5, 5.41) is 7.29. The molecule has 112 valence electrons. The summed E-state index contributed by atoms with van der Waals surface area (Å²) in [5.74, 6) is 0. The molecule has 2 aromatic rings. The number of anilines is 2. The summed E-state index contributed by atoms with van der Waals surface area (Å²) >= 11 is 3.31. The van der Waals surface area contributed by atoms with Crippen molar-refractivity contribution in [2.45, 2.75) is 13.0 Å². The first kappa shape index (κ1) is 15.6. The molecule has 0 saturated carbocycles. The van der Waals surface area contributed by atoms with E-state index >= 15 is 0 Å². The minimum atomic E-state index is -0.149. The predicted molar refractivity (Wildman–Crippen MR) is 90.0 cm³/mol. The van der Waals surface area contributed by atoms with Crippen LogP contribution in [0.4, 0.5) is 11.4 Å². The highest BCUT2D eigenvalue weighted by Gasteiger charge is 2.12. The highest BCUT2D eigenvalue weighted by molar-refractivity contribution is 9.10. The highest BCUT2D eigenvalue weighted by Crippen LogP contribution is 2.18. The zero-order chi connectivity index (χ0) is 15.4. The van der Waals surface area contributed by atoms with Gasteiger partial charge >= 0.3 is 0 Å². The summed E-state index contributed by atoms with van der Waals surface area (Å²) in [5.41, 5.74) is 1.73. The molecule has 1 atom stereocenters. The smallest absolute Gasteiger partial charge is 0.282 e. The summed E-state index contributed by atoms with van der Waals surface area (Å²) in [6.07, 6.45) is 1.65. The van der Waals surface area contributed by atoms with Crippen molar-refractivity contribution in [3.05, 3.63) is 51.4 Å². The van der Waals surface area contributed by atoms with Gasteiger partial charge in [0.05, 0.1) is 11.9 Å². The molecule has 0 bridgehead atoms. The van der Waals surface area contributed by atoms with Crippen LogP contribution in [0.5, 0.6) is 0 Å². The molecule has 0 saturated heterocycles. The Bertz CT molecular complexity index is 656. The molecule has 2 rings (SSSR count). The van der Waals surface area contributed by atoms with Crippen LogP contribution in [0.25, 0.3) is 0 Å². The zero-order valence-electron chi connectivity index (χ0n) is 12.4. The first-order valence-corrected chi connectivity index (χ1v) is 7.53. The van der Waals surface area contributed by atoms with Crippen LogP contribution >= 0.6 is 15.9 Å². The van der Waals surface area contributed by atoms with Crippen molar-refractivity contribution in [3.63, 3.8) is 0 Å². The van der Waals surface area contributed by atoms with E-state index in [1.54, 1.807) is 13.2 Å². The first-order chi connectivity index (χ1) is 10.0. The summed E-state index contributed by atoms with van der Waals surface area (Å²) < 4.78 is 1.81. The molecule has 1 heterocycles. The second-order valence-corrected chi connectivity index (χ2v) is 5.77. The molecule has 1 N–H and O–H groups in total. The predicted octanol–water partition coefficient (Wildman–Crippen LogP) is 2.48. The lowest BCUT2D eigenvalue weighted by atomic mass is 10.2. The normalized spacial score (nSPS) is 12.0. The van der Waals surface area contributed by atoms with E-state index < -0.39 is 0 Å². The van der Waals surface area contributed by atoms with Crippen LogP contribution < -0.4 is 15.8 Å². The number of rotatable bonds is 5. The van der Waals surface area contributed by atoms with Gasteiger partial charge in [0.25, 0.3) is 5.56 Å². The van der Waals surface area contributed by atoms with Gasteiger partial charge < -0.3 is 10.2 Å². The Balaban J connectivity index is 2.03. The molecular formula is C15H19BrN4O. The molecule has 0 fully saturated rings. The van der Waals surface area contributed by atoms with E-state index in [4.69, 9.17) is 0 Å². The van der Waals surface area contributed by atoms with Gasteiger partial charge in [0.2, 0.25) is 0 Å². The average Bonchev–Trinajstić information content (AvgIpc) is 2.52. The largest absolute Gasteiger partial charge is 0.381 e. The van der Waals surface area contributed by atoms with Gasteiger partial charge in [0.15, 0.2) is 0 Å². The van der Waals surface area contributed by atoms with Crippen molar-refractivity contribution in [2.75, 3.05) is 23.8 Å². The van der Waals surface area contributed by atoms with Crippen molar-refractivity contribution >= 4 is 27.3 Å². The molecule has 0 spiro atoms. The number of likely N-dealkylation sites (N-methyl/N-ethyl adjacent to an activating group) is 1. The molecule has 1 unspecified atom stereocenters. The van der Waals surface area contributed by atoms with Gasteiger partial charge in [-0.15, -0.1) is 0 Å². The third-order valence-corrected chi connectivity index (χ3v) is 4.26. The van der Waals surface area contributed by atoms with Crippen molar-refractivity contribution < 1.29 is 0 Å². The minimum Gasteiger partial charge on any atom is -0.381 e. The van der Waals surface area contributed by atoms with E-state index in [0.29, 0.717) is 16.7 Å². The third-order valence-electron chi connectivity index (χ3n) is 3.49. The molecule has 6 heteroatoms. The summed E-state index contributed by atoms with van der Waals surface area (Å²) in [6, 6.07) is 10.5. The zero-order valence-corrected chi connectivity index (χ0v) is 14.0. The quantitative estimate of drug-likeness (QED) is 0.899. The van der Waals surface area contributed by atoms with E-state index in [9.17, 15) is 4.79 Å². The van der Waals surface area contributed by atoms with Crippen molar-refractivity contribution in [2.24, 2.45) is 7.05 Å². The standard InChI is InChI=1S/C15H19BrN4O/c1-11(19(2)12-7-5-4-6-8-12)9-17-13-10-18-20(3)15(21)14(13)16/h4-8,10-11,17H,9H2,1-3H3. The summed E-state index contributed by atoms with van der Waals surface area (Å²) in [6.45, 7) is 2.83. The minimum absolute atomic E-state index is 0.149. The Labute approximate surface area is 132 Å². The highest BCUT2D eigenvalue weighted by atomic mass is 79.9. The molecule has 0 radical (unpaired) electrons. The maximum absolute atomic E-state index is 11.8. The van der Waals surface area contributed by atoms with Gasteiger partial charge in [0, 0.05) is 32.4 Å². The molecule has 0 aliphatic heterocycles. The molecule has 5 nitrogen and oxygen atoms in total. The SMILES string of the molecule is CC(CNc1cnn(C)c(=O)c1Br)N(C)c1ccccc1. The molecule has 1 aromatic carbocycles. The van der Waals surface area contributed by atoms with Crippen LogP contribution in [0.15, 0.2) is 45.8 Å². The third kappa shape index (κ3) is 3.64. The van der Waals surface area contributed by atoms with Crippen molar-refractivity contribution in [3.8, 4) is 0 Å². The number of aromatic nitrogens is 2. The van der Waals surface area contributed by atoms with Crippen LogP contribution in [0.1, 0.15) is 6.92 Å². The maximum atomic E-state index is 11.8. The fourth-order valence-electron chi connectivity index (χ4n) is 1.95. The van der Waals surface area contributed by atoms with Crippen molar-refractivity contribution in [1.82, 2.24) is 9.78 Å². The molecule has 21 heavy (non-hydrogen) atoms. The molecule has 0 aliphatic rings. The molecule has 1 aromatic heterocycles. The summed E-state index contributed by atoms with van der Waals surface area (Å²) in [4.78, 5) is 14.0. The lowest BCUT2D eigenvalue weighted by Crippen LogP contribution is -2.35. The van der Waals surface area contributed by atoms with Crippen molar-refractivity contribution in [1.29, 1.82) is 0 Å². The van der Waals surface area contributed by atoms with Gasteiger partial charge in [0.1, 0.15) is 4.47 Å². The number of para-hydroxylation sites is 1. The average molecular weight is 351 g/mol. The number of nitrogens with one attached hydrogen (secondary N) is 1. The number of hydrogen-bond donors (Lipinski definition) is 1. The van der Waals surface area contributed by atoms with Crippen LogP contribution in [0.3, 0.4) is 0 Å². The van der Waals surface area contributed by atoms with Crippen LogP contribution in [0, 0.1) is 0 Å². The lowest BCUT2D eigenvalue weighted by Gasteiger charge is -2.27. The van der Waals surface area contributed by atoms with Crippen LogP contribution in [0.2, 0.25) is 0 Å². The number of aryl methyl sites for hydroxylation is 1. The second-order valence-electron chi connectivity index (χ2n) is 4.98. The van der Waals surface area contributed by atoms with Gasteiger partial charge in [-0.3, -0.25) is 4.79 Å².